The monoisotopic (exact) mass is 332 g/mol. The lowest BCUT2D eigenvalue weighted by Crippen LogP contribution is -2.47. The summed E-state index contributed by atoms with van der Waals surface area (Å²) in [4.78, 5) is 37.2. The van der Waals surface area contributed by atoms with E-state index in [-0.39, 0.29) is 18.4 Å². The van der Waals surface area contributed by atoms with Crippen LogP contribution in [0.5, 0.6) is 0 Å². The van der Waals surface area contributed by atoms with E-state index in [1.54, 1.807) is 18.7 Å². The first-order chi connectivity index (χ1) is 11.2. The van der Waals surface area contributed by atoms with Crippen molar-refractivity contribution in [1.82, 2.24) is 10.2 Å². The van der Waals surface area contributed by atoms with E-state index in [2.05, 4.69) is 5.32 Å². The quantitative estimate of drug-likeness (QED) is 0.830. The molecular weight excluding hydrogens is 308 g/mol. The van der Waals surface area contributed by atoms with Crippen molar-refractivity contribution in [2.75, 3.05) is 6.54 Å². The van der Waals surface area contributed by atoms with Crippen LogP contribution in [0.4, 0.5) is 0 Å². The molecule has 24 heavy (non-hydrogen) atoms. The number of aryl methyl sites for hydroxylation is 1. The van der Waals surface area contributed by atoms with Crippen molar-refractivity contribution in [2.24, 2.45) is 5.41 Å². The number of likely N-dealkylation sites (tertiary alicyclic amines) is 1. The molecular formula is C18H24N2O4. The van der Waals surface area contributed by atoms with Crippen LogP contribution in [-0.2, 0) is 20.9 Å². The van der Waals surface area contributed by atoms with Gasteiger partial charge in [-0.05, 0) is 32.8 Å². The summed E-state index contributed by atoms with van der Waals surface area (Å²) in [5.74, 6) is -1.31. The van der Waals surface area contributed by atoms with Crippen LogP contribution in [0, 0.1) is 12.3 Å². The summed E-state index contributed by atoms with van der Waals surface area (Å²) in [7, 11) is 0. The van der Waals surface area contributed by atoms with Gasteiger partial charge in [0.2, 0.25) is 11.8 Å². The fraction of sp³-hybridized carbons (Fsp3) is 0.500. The van der Waals surface area contributed by atoms with E-state index >= 15 is 0 Å². The van der Waals surface area contributed by atoms with Crippen molar-refractivity contribution in [1.29, 1.82) is 0 Å². The number of carbonyl (C=O) groups is 3. The molecule has 1 unspecified atom stereocenters. The average Bonchev–Trinajstić information content (AvgIpc) is 2.88. The van der Waals surface area contributed by atoms with Crippen LogP contribution in [0.2, 0.25) is 0 Å². The lowest BCUT2D eigenvalue weighted by Gasteiger charge is -2.26. The number of hydrogen-bond donors (Lipinski definition) is 2. The van der Waals surface area contributed by atoms with Gasteiger partial charge in [-0.25, -0.2) is 0 Å². The van der Waals surface area contributed by atoms with E-state index < -0.39 is 17.4 Å². The van der Waals surface area contributed by atoms with Gasteiger partial charge in [-0.2, -0.15) is 0 Å². The van der Waals surface area contributed by atoms with Crippen LogP contribution < -0.4 is 5.32 Å². The molecule has 2 N–H and O–H groups in total. The molecule has 2 amide bonds. The number of nitrogens with one attached hydrogen (secondary N) is 1. The topological polar surface area (TPSA) is 86.7 Å². The van der Waals surface area contributed by atoms with Crippen LogP contribution in [-0.4, -0.2) is 40.4 Å². The predicted molar refractivity (Wildman–Crippen MR) is 89.2 cm³/mol. The zero-order valence-electron chi connectivity index (χ0n) is 14.3. The summed E-state index contributed by atoms with van der Waals surface area (Å²) in [6.07, 6.45) is 0.802. The number of hydrogen-bond acceptors (Lipinski definition) is 3. The minimum Gasteiger partial charge on any atom is -0.481 e. The Labute approximate surface area is 141 Å². The van der Waals surface area contributed by atoms with E-state index in [9.17, 15) is 14.4 Å². The average molecular weight is 332 g/mol. The van der Waals surface area contributed by atoms with Gasteiger partial charge in [-0.1, -0.05) is 29.8 Å². The van der Waals surface area contributed by atoms with Gasteiger partial charge < -0.3 is 15.3 Å². The standard InChI is InChI=1S/C18H24N2O4/c1-12-4-6-13(7-5-12)10-20-14(8-9-15(20)21)16(22)19-11-18(2,3)17(23)24/h4-7,14H,8-11H2,1-3H3,(H,19,22)(H,23,24). The van der Waals surface area contributed by atoms with Crippen molar-refractivity contribution >= 4 is 17.8 Å². The Morgan fingerprint density at radius 2 is 1.92 bits per heavy atom. The molecule has 0 aliphatic carbocycles. The van der Waals surface area contributed by atoms with E-state index in [0.29, 0.717) is 19.4 Å². The Bertz CT molecular complexity index is 637. The molecule has 6 nitrogen and oxygen atoms in total. The SMILES string of the molecule is Cc1ccc(CN2C(=O)CCC2C(=O)NCC(C)(C)C(=O)O)cc1. The van der Waals surface area contributed by atoms with Gasteiger partial charge in [-0.15, -0.1) is 0 Å². The number of carboxylic acids is 1. The fourth-order valence-corrected chi connectivity index (χ4v) is 2.60. The molecule has 130 valence electrons. The van der Waals surface area contributed by atoms with E-state index in [1.165, 1.54) is 0 Å². The van der Waals surface area contributed by atoms with Crippen molar-refractivity contribution < 1.29 is 19.5 Å². The van der Waals surface area contributed by atoms with E-state index in [1.807, 2.05) is 31.2 Å². The van der Waals surface area contributed by atoms with Gasteiger partial charge in [0.25, 0.3) is 0 Å². The maximum absolute atomic E-state index is 12.4. The minimum absolute atomic E-state index is 0.0320. The molecule has 0 radical (unpaired) electrons. The Balaban J connectivity index is 2.02. The number of rotatable bonds is 6. The van der Waals surface area contributed by atoms with Crippen LogP contribution >= 0.6 is 0 Å². The summed E-state index contributed by atoms with van der Waals surface area (Å²) in [6.45, 7) is 5.52. The highest BCUT2D eigenvalue weighted by Crippen LogP contribution is 2.22. The van der Waals surface area contributed by atoms with E-state index in [4.69, 9.17) is 5.11 Å². The lowest BCUT2D eigenvalue weighted by molar-refractivity contribution is -0.147. The zero-order valence-corrected chi connectivity index (χ0v) is 14.3. The Morgan fingerprint density at radius 3 is 2.50 bits per heavy atom. The highest BCUT2D eigenvalue weighted by molar-refractivity contribution is 5.91. The molecule has 0 aromatic heterocycles. The molecule has 0 saturated carbocycles. The maximum Gasteiger partial charge on any atom is 0.310 e. The number of carbonyl (C=O) groups excluding carboxylic acids is 2. The highest BCUT2D eigenvalue weighted by Gasteiger charge is 2.37. The smallest absolute Gasteiger partial charge is 0.310 e. The Morgan fingerprint density at radius 1 is 1.29 bits per heavy atom. The second-order valence-electron chi connectivity index (χ2n) is 6.97. The largest absolute Gasteiger partial charge is 0.481 e. The minimum atomic E-state index is -1.04. The summed E-state index contributed by atoms with van der Waals surface area (Å²) >= 11 is 0. The number of nitrogens with zero attached hydrogens (tertiary/aromatic N) is 1. The van der Waals surface area contributed by atoms with Gasteiger partial charge in [0.05, 0.1) is 5.41 Å². The summed E-state index contributed by atoms with van der Waals surface area (Å²) < 4.78 is 0. The van der Waals surface area contributed by atoms with Crippen molar-refractivity contribution in [2.45, 2.75) is 46.2 Å². The van der Waals surface area contributed by atoms with Gasteiger partial charge in [0.15, 0.2) is 0 Å². The van der Waals surface area contributed by atoms with Crippen LogP contribution in [0.15, 0.2) is 24.3 Å². The molecule has 1 aliphatic heterocycles. The number of amides is 2. The second kappa shape index (κ2) is 7.03. The molecule has 1 fully saturated rings. The van der Waals surface area contributed by atoms with E-state index in [0.717, 1.165) is 11.1 Å². The molecule has 0 spiro atoms. The maximum atomic E-state index is 12.4. The molecule has 1 heterocycles. The van der Waals surface area contributed by atoms with Gasteiger partial charge in [-0.3, -0.25) is 14.4 Å². The fourth-order valence-electron chi connectivity index (χ4n) is 2.60. The molecule has 0 bridgehead atoms. The Hall–Kier alpha value is -2.37. The summed E-state index contributed by atoms with van der Waals surface area (Å²) in [5.41, 5.74) is 1.07. The Kier molecular flexibility index (Phi) is 5.26. The van der Waals surface area contributed by atoms with Crippen molar-refractivity contribution in [3.63, 3.8) is 0 Å². The van der Waals surface area contributed by atoms with Crippen LogP contribution in [0.1, 0.15) is 37.8 Å². The van der Waals surface area contributed by atoms with Crippen molar-refractivity contribution in [3.05, 3.63) is 35.4 Å². The molecule has 1 aromatic rings. The summed E-state index contributed by atoms with van der Waals surface area (Å²) in [6, 6.07) is 7.30. The first-order valence-electron chi connectivity index (χ1n) is 8.07. The molecule has 6 heteroatoms. The molecule has 2 rings (SSSR count). The lowest BCUT2D eigenvalue weighted by atomic mass is 9.94. The third-order valence-electron chi connectivity index (χ3n) is 4.39. The molecule has 1 aromatic carbocycles. The van der Waals surface area contributed by atoms with Gasteiger partial charge in [0, 0.05) is 19.5 Å². The van der Waals surface area contributed by atoms with Crippen LogP contribution in [0.3, 0.4) is 0 Å². The zero-order chi connectivity index (χ0) is 17.9. The third-order valence-corrected chi connectivity index (χ3v) is 4.39. The number of benzene rings is 1. The van der Waals surface area contributed by atoms with Crippen LogP contribution in [0.25, 0.3) is 0 Å². The van der Waals surface area contributed by atoms with Gasteiger partial charge >= 0.3 is 5.97 Å². The third kappa shape index (κ3) is 4.13. The number of aliphatic carboxylic acids is 1. The van der Waals surface area contributed by atoms with Gasteiger partial charge in [0.1, 0.15) is 6.04 Å². The predicted octanol–water partition coefficient (Wildman–Crippen LogP) is 1.71. The first kappa shape index (κ1) is 18.0. The molecule has 1 atom stereocenters. The second-order valence-corrected chi connectivity index (χ2v) is 6.97. The normalized spacial score (nSPS) is 17.9. The highest BCUT2D eigenvalue weighted by atomic mass is 16.4. The number of carboxylic acid groups (broad SMARTS) is 1. The summed E-state index contributed by atoms with van der Waals surface area (Å²) in [5, 5.41) is 11.8. The first-order valence-corrected chi connectivity index (χ1v) is 8.07. The van der Waals surface area contributed by atoms with Crippen molar-refractivity contribution in [3.8, 4) is 0 Å². The molecule has 1 saturated heterocycles. The molecule has 1 aliphatic rings.